The Morgan fingerprint density at radius 3 is 1.57 bits per heavy atom. The van der Waals surface area contributed by atoms with Gasteiger partial charge in [-0.05, 0) is 0 Å². The first kappa shape index (κ1) is 31.8. The highest BCUT2D eigenvalue weighted by Gasteiger charge is 2.54. The van der Waals surface area contributed by atoms with Gasteiger partial charge >= 0.3 is 15.6 Å². The molecular formula is C20H24N10O12P2S2. The summed E-state index contributed by atoms with van der Waals surface area (Å²) >= 11 is 10.3. The maximum absolute atomic E-state index is 13.1. The van der Waals surface area contributed by atoms with Crippen LogP contribution in [0.15, 0.2) is 12.7 Å². The Hall–Kier alpha value is -2.80. The lowest BCUT2D eigenvalue weighted by atomic mass is 10.1. The number of imidazole rings is 2. The van der Waals surface area contributed by atoms with E-state index in [1.54, 1.807) is 0 Å². The van der Waals surface area contributed by atoms with Crippen LogP contribution in [0.25, 0.3) is 22.3 Å². The highest BCUT2D eigenvalue weighted by molar-refractivity contribution is 7.71. The Labute approximate surface area is 265 Å². The number of aromatic nitrogens is 8. The Kier molecular flexibility index (Phi) is 7.89. The standard InChI is InChI=1S/C20H24N10O12P2S2/c21-19-25-13-7(15(45)27-19)23-3-29(13)17-9(31)11-5(39-17)1-37-43(33,34)42-12-6(2-38-44(35,36)41-11)40-18(10(12)32)30-4-24-8-14(30)26-20(22)28-16(8)46/h3-6,9-12,17-18,31-32H,1-2H2,(H,33,34)(H,35,36)(H3,21,25,27,45)(H3,22,26,28,46)/t5-,6-,9+,10?,11?,12+,17-,18-/m1/s1. The van der Waals surface area contributed by atoms with Crippen LogP contribution >= 0.6 is 40.1 Å². The number of fused-ring (bicyclic) bond motifs is 4. The van der Waals surface area contributed by atoms with Crippen LogP contribution in [0, 0.1) is 9.28 Å². The molecule has 7 heterocycles. The molecule has 3 aliphatic heterocycles. The first-order valence-corrected chi connectivity index (χ1v) is 17.0. The SMILES string of the molecule is Nc1nc(=S)c2ncn([C@@H]3O[C@@H]4COP(=O)(O)OC5[C@@H](COP(=O)(O)O[C@@H]4C3O)O[C@@H](n3cnc4c(=S)nc(N)[nH]c43)[C@H]5O)c2[nH]1. The molecule has 0 amide bonds. The van der Waals surface area contributed by atoms with Crippen LogP contribution in [0.1, 0.15) is 12.5 Å². The lowest BCUT2D eigenvalue weighted by Crippen LogP contribution is -2.39. The van der Waals surface area contributed by atoms with E-state index in [0.717, 1.165) is 0 Å². The van der Waals surface area contributed by atoms with Gasteiger partial charge in [-0.25, -0.2) is 29.1 Å². The van der Waals surface area contributed by atoms with Crippen molar-refractivity contribution >= 4 is 74.3 Å². The molecule has 46 heavy (non-hydrogen) atoms. The van der Waals surface area contributed by atoms with E-state index >= 15 is 0 Å². The van der Waals surface area contributed by atoms with Crippen molar-refractivity contribution in [3.63, 3.8) is 0 Å². The zero-order valence-electron chi connectivity index (χ0n) is 22.8. The minimum absolute atomic E-state index is 0.0537. The van der Waals surface area contributed by atoms with Gasteiger partial charge in [0, 0.05) is 0 Å². The van der Waals surface area contributed by atoms with E-state index in [1.807, 2.05) is 0 Å². The van der Waals surface area contributed by atoms with E-state index in [-0.39, 0.29) is 43.5 Å². The molecule has 0 radical (unpaired) electrons. The van der Waals surface area contributed by atoms with E-state index in [1.165, 1.54) is 21.8 Å². The number of rotatable bonds is 2. The maximum Gasteiger partial charge on any atom is 0.472 e. The van der Waals surface area contributed by atoms with Crippen molar-refractivity contribution < 1.29 is 56.7 Å². The quantitative estimate of drug-likeness (QED) is 0.0971. The molecular weight excluding hydrogens is 698 g/mol. The zero-order chi connectivity index (χ0) is 32.7. The largest absolute Gasteiger partial charge is 0.472 e. The van der Waals surface area contributed by atoms with E-state index in [4.69, 9.17) is 63.5 Å². The average Bonchev–Trinajstić information content (AvgIpc) is 3.72. The van der Waals surface area contributed by atoms with E-state index in [0.29, 0.717) is 0 Å². The zero-order valence-corrected chi connectivity index (χ0v) is 26.2. The summed E-state index contributed by atoms with van der Waals surface area (Å²) in [6.45, 7) is -1.60. The molecule has 0 aromatic carbocycles. The van der Waals surface area contributed by atoms with Gasteiger partial charge in [-0.3, -0.25) is 27.2 Å². The van der Waals surface area contributed by atoms with Crippen molar-refractivity contribution in [2.75, 3.05) is 24.7 Å². The summed E-state index contributed by atoms with van der Waals surface area (Å²) in [5.74, 6) is -0.125. The molecule has 4 unspecified atom stereocenters. The number of anilines is 2. The predicted octanol–water partition coefficient (Wildman–Crippen LogP) is -0.310. The molecule has 10 atom stereocenters. The normalized spacial score (nSPS) is 37.1. The van der Waals surface area contributed by atoms with E-state index in [9.17, 15) is 29.1 Å². The molecule has 3 aliphatic rings. The van der Waals surface area contributed by atoms with Crippen LogP contribution in [0.3, 0.4) is 0 Å². The van der Waals surface area contributed by atoms with Crippen molar-refractivity contribution in [2.45, 2.75) is 49.1 Å². The number of phosphoric ester groups is 2. The molecule has 248 valence electrons. The highest BCUT2D eigenvalue weighted by atomic mass is 32.1. The highest BCUT2D eigenvalue weighted by Crippen LogP contribution is 2.53. The fourth-order valence-electron chi connectivity index (χ4n) is 5.42. The van der Waals surface area contributed by atoms with E-state index in [2.05, 4.69) is 29.9 Å². The third kappa shape index (κ3) is 5.58. The number of nitrogens with zero attached hydrogens (tertiary/aromatic N) is 6. The van der Waals surface area contributed by atoms with Crippen LogP contribution in [0.2, 0.25) is 0 Å². The first-order valence-electron chi connectivity index (χ1n) is 13.1. The lowest BCUT2D eigenvalue weighted by molar-refractivity contribution is -0.0664. The molecule has 4 aromatic heterocycles. The summed E-state index contributed by atoms with van der Waals surface area (Å²) in [6.07, 6.45) is -9.81. The third-order valence-corrected chi connectivity index (χ3v) is 9.95. The topological polar surface area (TPSA) is 315 Å². The summed E-state index contributed by atoms with van der Waals surface area (Å²) in [5, 5.41) is 22.4. The van der Waals surface area contributed by atoms with Gasteiger partial charge in [0.1, 0.15) is 59.0 Å². The molecule has 7 rings (SSSR count). The predicted molar refractivity (Wildman–Crippen MR) is 155 cm³/mol. The van der Waals surface area contributed by atoms with E-state index < -0.39 is 77.9 Å². The number of aliphatic hydroxyl groups is 2. The van der Waals surface area contributed by atoms with Gasteiger partial charge < -0.3 is 50.9 Å². The number of nitrogen functional groups attached to an aromatic ring is 2. The minimum atomic E-state index is -5.03. The average molecular weight is 723 g/mol. The number of nitrogens with two attached hydrogens (primary N) is 2. The van der Waals surface area contributed by atoms with Gasteiger partial charge in [0.15, 0.2) is 33.6 Å². The first-order chi connectivity index (χ1) is 21.7. The van der Waals surface area contributed by atoms with Crippen molar-refractivity contribution in [3.05, 3.63) is 21.9 Å². The molecule has 0 aliphatic carbocycles. The number of phosphoric acid groups is 2. The second-order valence-corrected chi connectivity index (χ2v) is 13.9. The van der Waals surface area contributed by atoms with Crippen LogP contribution in [-0.2, 0) is 36.7 Å². The molecule has 0 bridgehead atoms. The number of H-pyrrole nitrogens is 2. The van der Waals surface area contributed by atoms with Crippen molar-refractivity contribution in [1.82, 2.24) is 39.0 Å². The molecule has 26 heteroatoms. The summed E-state index contributed by atoms with van der Waals surface area (Å²) < 4.78 is 61.6. The van der Waals surface area contributed by atoms with Gasteiger partial charge in [-0.1, -0.05) is 24.4 Å². The maximum atomic E-state index is 13.1. The van der Waals surface area contributed by atoms with Crippen LogP contribution < -0.4 is 11.5 Å². The summed E-state index contributed by atoms with van der Waals surface area (Å²) in [6, 6.07) is 0. The molecule has 3 fully saturated rings. The number of hydrogen-bond acceptors (Lipinski definition) is 18. The second kappa shape index (κ2) is 11.4. The molecule has 0 saturated carbocycles. The fraction of sp³-hybridized carbons (Fsp3) is 0.500. The van der Waals surface area contributed by atoms with Gasteiger partial charge in [0.2, 0.25) is 0 Å². The molecule has 4 aromatic rings. The van der Waals surface area contributed by atoms with Gasteiger partial charge in [0.05, 0.1) is 25.9 Å². The van der Waals surface area contributed by atoms with Crippen LogP contribution in [0.5, 0.6) is 0 Å². The minimum Gasteiger partial charge on any atom is -0.386 e. The number of hydrogen-bond donors (Lipinski definition) is 8. The number of ether oxygens (including phenoxy) is 2. The number of aromatic amines is 2. The van der Waals surface area contributed by atoms with Gasteiger partial charge in [-0.15, -0.1) is 0 Å². The number of nitrogens with one attached hydrogen (secondary N) is 2. The summed E-state index contributed by atoms with van der Waals surface area (Å²) in [5.41, 5.74) is 12.3. The molecule has 0 spiro atoms. The lowest BCUT2D eigenvalue weighted by Gasteiger charge is -2.27. The smallest absolute Gasteiger partial charge is 0.386 e. The number of aliphatic hydroxyl groups excluding tert-OH is 2. The van der Waals surface area contributed by atoms with Crippen LogP contribution in [-0.4, -0.2) is 109 Å². The Balaban J connectivity index is 1.18. The summed E-state index contributed by atoms with van der Waals surface area (Å²) in [7, 11) is -10.1. The second-order valence-electron chi connectivity index (χ2n) is 10.3. The molecule has 3 saturated heterocycles. The van der Waals surface area contributed by atoms with Crippen molar-refractivity contribution in [2.24, 2.45) is 0 Å². The Morgan fingerprint density at radius 1 is 0.783 bits per heavy atom. The Morgan fingerprint density at radius 2 is 1.17 bits per heavy atom. The van der Waals surface area contributed by atoms with Crippen molar-refractivity contribution in [3.8, 4) is 0 Å². The fourth-order valence-corrected chi connectivity index (χ4v) is 7.85. The Bertz CT molecular complexity index is 1910. The molecule has 10 N–H and O–H groups in total. The van der Waals surface area contributed by atoms with Gasteiger partial charge in [0.25, 0.3) is 0 Å². The summed E-state index contributed by atoms with van der Waals surface area (Å²) in [4.78, 5) is 42.9. The van der Waals surface area contributed by atoms with Crippen molar-refractivity contribution in [1.29, 1.82) is 0 Å². The van der Waals surface area contributed by atoms with Gasteiger partial charge in [-0.2, -0.15) is 0 Å². The third-order valence-electron chi connectivity index (χ3n) is 7.41. The monoisotopic (exact) mass is 722 g/mol. The van der Waals surface area contributed by atoms with Crippen LogP contribution in [0.4, 0.5) is 11.9 Å². The molecule has 22 nitrogen and oxygen atoms in total.